The fourth-order valence-corrected chi connectivity index (χ4v) is 3.65. The van der Waals surface area contributed by atoms with Gasteiger partial charge in [-0.3, -0.25) is 9.48 Å². The Morgan fingerprint density at radius 1 is 1.30 bits per heavy atom. The van der Waals surface area contributed by atoms with Crippen LogP contribution in [0.15, 0.2) is 12.4 Å². The van der Waals surface area contributed by atoms with Gasteiger partial charge in [0.25, 0.3) is 5.91 Å². The van der Waals surface area contributed by atoms with Crippen LogP contribution in [0.2, 0.25) is 0 Å². The van der Waals surface area contributed by atoms with E-state index in [9.17, 15) is 4.79 Å². The maximum atomic E-state index is 12.7. The second kappa shape index (κ2) is 4.58. The van der Waals surface area contributed by atoms with Crippen molar-refractivity contribution in [2.24, 2.45) is 7.05 Å². The van der Waals surface area contributed by atoms with Gasteiger partial charge in [-0.15, -0.1) is 0 Å². The van der Waals surface area contributed by atoms with E-state index in [2.05, 4.69) is 18.9 Å². The van der Waals surface area contributed by atoms with E-state index in [1.165, 1.54) is 12.8 Å². The Hall–Kier alpha value is -1.36. The van der Waals surface area contributed by atoms with E-state index >= 15 is 0 Å². The van der Waals surface area contributed by atoms with Crippen LogP contribution in [0, 0.1) is 0 Å². The number of aryl methyl sites for hydroxylation is 1. The van der Waals surface area contributed by atoms with Crippen LogP contribution in [0.1, 0.15) is 49.9 Å². The molecule has 20 heavy (non-hydrogen) atoms. The lowest BCUT2D eigenvalue weighted by Gasteiger charge is -2.48. The van der Waals surface area contributed by atoms with Crippen LogP contribution < -0.4 is 0 Å². The largest absolute Gasteiger partial charge is 0.365 e. The van der Waals surface area contributed by atoms with E-state index in [1.807, 2.05) is 11.9 Å². The highest BCUT2D eigenvalue weighted by Crippen LogP contribution is 2.40. The fourth-order valence-electron chi connectivity index (χ4n) is 3.65. The monoisotopic (exact) mass is 277 g/mol. The summed E-state index contributed by atoms with van der Waals surface area (Å²) in [6.45, 7) is 5.51. The number of carbonyl (C=O) groups is 1. The third-order valence-electron chi connectivity index (χ3n) is 4.30. The standard InChI is InChI=1S/C15H23N3O2/c1-14(2)10-18(11-15(20-14)6-4-5-7-15)13(19)12-8-16-17(3)9-12/h8-9H,4-7,10-11H2,1-3H3. The van der Waals surface area contributed by atoms with Crippen LogP contribution in [0.5, 0.6) is 0 Å². The molecule has 0 N–H and O–H groups in total. The quantitative estimate of drug-likeness (QED) is 0.788. The summed E-state index contributed by atoms with van der Waals surface area (Å²) in [5, 5.41) is 4.10. The average Bonchev–Trinajstić information content (AvgIpc) is 2.96. The average molecular weight is 277 g/mol. The molecule has 2 aliphatic rings. The number of ether oxygens (including phenoxy) is 1. The van der Waals surface area contributed by atoms with Crippen LogP contribution in [0.3, 0.4) is 0 Å². The summed E-state index contributed by atoms with van der Waals surface area (Å²) in [7, 11) is 1.83. The maximum Gasteiger partial charge on any atom is 0.257 e. The van der Waals surface area contributed by atoms with E-state index in [-0.39, 0.29) is 17.1 Å². The molecule has 1 aliphatic carbocycles. The van der Waals surface area contributed by atoms with Crippen molar-refractivity contribution in [3.05, 3.63) is 18.0 Å². The Kier molecular flexibility index (Phi) is 3.12. The summed E-state index contributed by atoms with van der Waals surface area (Å²) in [5.41, 5.74) is 0.262. The van der Waals surface area contributed by atoms with Crippen molar-refractivity contribution in [1.29, 1.82) is 0 Å². The van der Waals surface area contributed by atoms with Crippen LogP contribution in [-0.2, 0) is 11.8 Å². The Morgan fingerprint density at radius 3 is 2.60 bits per heavy atom. The molecule has 5 nitrogen and oxygen atoms in total. The third-order valence-corrected chi connectivity index (χ3v) is 4.30. The Labute approximate surface area is 119 Å². The molecule has 1 spiro atoms. The molecule has 1 saturated carbocycles. The smallest absolute Gasteiger partial charge is 0.257 e. The minimum Gasteiger partial charge on any atom is -0.365 e. The molecule has 0 bridgehead atoms. The molecular weight excluding hydrogens is 254 g/mol. The first-order valence-electron chi connectivity index (χ1n) is 7.37. The van der Waals surface area contributed by atoms with E-state index < -0.39 is 0 Å². The molecule has 1 aliphatic heterocycles. The third kappa shape index (κ3) is 2.46. The van der Waals surface area contributed by atoms with Gasteiger partial charge in [-0.1, -0.05) is 12.8 Å². The topological polar surface area (TPSA) is 47.4 Å². The first-order chi connectivity index (χ1) is 9.39. The summed E-state index contributed by atoms with van der Waals surface area (Å²) >= 11 is 0. The number of hydrogen-bond acceptors (Lipinski definition) is 3. The fraction of sp³-hybridized carbons (Fsp3) is 0.733. The van der Waals surface area contributed by atoms with Crippen molar-refractivity contribution in [2.75, 3.05) is 13.1 Å². The summed E-state index contributed by atoms with van der Waals surface area (Å²) in [4.78, 5) is 14.6. The van der Waals surface area contributed by atoms with Crippen molar-refractivity contribution in [2.45, 2.75) is 50.7 Å². The van der Waals surface area contributed by atoms with Gasteiger partial charge in [-0.25, -0.2) is 0 Å². The Morgan fingerprint density at radius 2 is 2.00 bits per heavy atom. The predicted molar refractivity (Wildman–Crippen MR) is 75.5 cm³/mol. The predicted octanol–water partition coefficient (Wildman–Crippen LogP) is 1.98. The number of morpholine rings is 1. The molecule has 1 saturated heterocycles. The van der Waals surface area contributed by atoms with Crippen molar-refractivity contribution in [1.82, 2.24) is 14.7 Å². The number of amides is 1. The van der Waals surface area contributed by atoms with Crippen LogP contribution in [0.25, 0.3) is 0 Å². The van der Waals surface area contributed by atoms with Crippen LogP contribution in [0.4, 0.5) is 0 Å². The number of nitrogens with zero attached hydrogens (tertiary/aromatic N) is 3. The van der Waals surface area contributed by atoms with E-state index in [1.54, 1.807) is 17.1 Å². The summed E-state index contributed by atoms with van der Waals surface area (Å²) in [5.74, 6) is 0.0701. The number of aromatic nitrogens is 2. The molecule has 2 heterocycles. The van der Waals surface area contributed by atoms with Crippen LogP contribution in [-0.4, -0.2) is 44.9 Å². The number of rotatable bonds is 1. The van der Waals surface area contributed by atoms with E-state index in [4.69, 9.17) is 4.74 Å². The molecule has 1 aromatic heterocycles. The first-order valence-corrected chi connectivity index (χ1v) is 7.37. The van der Waals surface area contributed by atoms with Gasteiger partial charge in [0.05, 0.1) is 29.5 Å². The second-order valence-corrected chi connectivity index (χ2v) is 6.82. The lowest BCUT2D eigenvalue weighted by molar-refractivity contribution is -0.184. The molecule has 0 atom stereocenters. The van der Waals surface area contributed by atoms with Gasteiger partial charge in [0.2, 0.25) is 0 Å². The molecule has 0 radical (unpaired) electrons. The normalized spacial score (nSPS) is 24.2. The van der Waals surface area contributed by atoms with Gasteiger partial charge >= 0.3 is 0 Å². The van der Waals surface area contributed by atoms with Crippen molar-refractivity contribution in [3.8, 4) is 0 Å². The van der Waals surface area contributed by atoms with Crippen molar-refractivity contribution < 1.29 is 9.53 Å². The van der Waals surface area contributed by atoms with Crippen LogP contribution >= 0.6 is 0 Å². The summed E-state index contributed by atoms with van der Waals surface area (Å²) in [6, 6.07) is 0. The molecule has 0 unspecified atom stereocenters. The molecule has 1 amide bonds. The summed E-state index contributed by atoms with van der Waals surface area (Å²) in [6.07, 6.45) is 7.95. The van der Waals surface area contributed by atoms with Gasteiger partial charge in [-0.05, 0) is 26.7 Å². The minimum absolute atomic E-state index is 0.0701. The molecule has 2 fully saturated rings. The molecule has 5 heteroatoms. The maximum absolute atomic E-state index is 12.7. The molecular formula is C15H23N3O2. The SMILES string of the molecule is Cn1cc(C(=O)N2CC(C)(C)OC3(CCCC3)C2)cn1. The lowest BCUT2D eigenvalue weighted by Crippen LogP contribution is -2.60. The Balaban J connectivity index is 1.83. The first kappa shape index (κ1) is 13.6. The highest BCUT2D eigenvalue weighted by molar-refractivity contribution is 5.93. The van der Waals surface area contributed by atoms with Crippen molar-refractivity contribution in [3.63, 3.8) is 0 Å². The minimum atomic E-state index is -0.277. The van der Waals surface area contributed by atoms with Gasteiger partial charge in [0.1, 0.15) is 0 Å². The zero-order valence-corrected chi connectivity index (χ0v) is 12.6. The highest BCUT2D eigenvalue weighted by atomic mass is 16.5. The molecule has 3 rings (SSSR count). The van der Waals surface area contributed by atoms with E-state index in [0.717, 1.165) is 12.8 Å². The zero-order chi connectivity index (χ0) is 14.4. The zero-order valence-electron chi connectivity index (χ0n) is 12.6. The van der Waals surface area contributed by atoms with Crippen molar-refractivity contribution >= 4 is 5.91 Å². The molecule has 1 aromatic rings. The summed E-state index contributed by atoms with van der Waals surface area (Å²) < 4.78 is 8.00. The van der Waals surface area contributed by atoms with Gasteiger partial charge in [-0.2, -0.15) is 5.10 Å². The molecule has 110 valence electrons. The lowest BCUT2D eigenvalue weighted by atomic mass is 9.94. The number of hydrogen-bond donors (Lipinski definition) is 0. The molecule has 0 aromatic carbocycles. The Bertz CT molecular complexity index is 515. The highest BCUT2D eigenvalue weighted by Gasteiger charge is 2.47. The second-order valence-electron chi connectivity index (χ2n) is 6.82. The van der Waals surface area contributed by atoms with Gasteiger partial charge < -0.3 is 9.64 Å². The van der Waals surface area contributed by atoms with E-state index in [0.29, 0.717) is 18.7 Å². The van der Waals surface area contributed by atoms with Gasteiger partial charge in [0, 0.05) is 19.8 Å². The number of carbonyl (C=O) groups excluding carboxylic acids is 1. The van der Waals surface area contributed by atoms with Gasteiger partial charge in [0.15, 0.2) is 0 Å².